The van der Waals surface area contributed by atoms with E-state index in [-0.39, 0.29) is 35.7 Å². The molecule has 496 valence electrons. The molecular weight excluding hydrogens is 1280 g/mol. The Labute approximate surface area is 563 Å². The van der Waals surface area contributed by atoms with Crippen molar-refractivity contribution in [1.82, 2.24) is 44.8 Å². The van der Waals surface area contributed by atoms with E-state index in [0.717, 1.165) is 84.2 Å². The van der Waals surface area contributed by atoms with Crippen LogP contribution in [-0.2, 0) is 55.5 Å². The minimum Gasteiger partial charge on any atom is -0.435 e. The summed E-state index contributed by atoms with van der Waals surface area (Å²) in [6, 6.07) is 35.5. The summed E-state index contributed by atoms with van der Waals surface area (Å²) in [6.45, 7) is 20.3. The minimum atomic E-state index is -1.56. The molecule has 17 nitrogen and oxygen atoms in total. The van der Waals surface area contributed by atoms with Gasteiger partial charge in [0.2, 0.25) is 0 Å². The highest BCUT2D eigenvalue weighted by atomic mass is 35.5. The first kappa shape index (κ1) is 71.9. The maximum absolute atomic E-state index is 15.7. The third-order valence-corrected chi connectivity index (χ3v) is 18.4. The van der Waals surface area contributed by atoms with Crippen molar-refractivity contribution in [2.45, 2.75) is 103 Å². The van der Waals surface area contributed by atoms with Crippen molar-refractivity contribution in [3.05, 3.63) is 236 Å². The Bertz CT molecular complexity index is 4080. The highest BCUT2D eigenvalue weighted by Gasteiger charge is 2.47. The lowest BCUT2D eigenvalue weighted by Gasteiger charge is -2.38. The lowest BCUT2D eigenvalue weighted by atomic mass is 9.81. The van der Waals surface area contributed by atoms with Gasteiger partial charge in [0.25, 0.3) is 0 Å². The average Bonchev–Trinajstić information content (AvgIpc) is 1.74. The van der Waals surface area contributed by atoms with E-state index in [1.54, 1.807) is 30.3 Å². The molecule has 4 heterocycles. The second-order valence-corrected chi connectivity index (χ2v) is 24.0. The van der Waals surface area contributed by atoms with Crippen molar-refractivity contribution < 1.29 is 46.1 Å². The van der Waals surface area contributed by atoms with Gasteiger partial charge in [0.05, 0.1) is 57.0 Å². The van der Waals surface area contributed by atoms with Crippen LogP contribution in [0.4, 0.5) is 28.9 Å². The maximum atomic E-state index is 15.7. The first-order chi connectivity index (χ1) is 46.0. The summed E-state index contributed by atoms with van der Waals surface area (Å²) in [4.78, 5) is 51.8. The van der Waals surface area contributed by atoms with Gasteiger partial charge in [-0.3, -0.25) is 9.98 Å². The van der Waals surface area contributed by atoms with E-state index in [1.165, 1.54) is 75.5 Å². The number of carbonyl (C=O) groups is 2. The summed E-state index contributed by atoms with van der Waals surface area (Å²) >= 11 is 8.65. The van der Waals surface area contributed by atoms with Crippen LogP contribution in [0.15, 0.2) is 180 Å². The second kappa shape index (κ2) is 35.0. The number of nitrogens with one attached hydrogen (secondary N) is 1. The summed E-state index contributed by atoms with van der Waals surface area (Å²) in [5.41, 5.74) is 4.04. The van der Waals surface area contributed by atoms with Crippen molar-refractivity contribution in [2.24, 2.45) is 15.9 Å². The Kier molecular flexibility index (Phi) is 26.5. The van der Waals surface area contributed by atoms with Gasteiger partial charge in [0, 0.05) is 62.9 Å². The topological polar surface area (TPSA) is 195 Å². The highest BCUT2D eigenvalue weighted by Crippen LogP contribution is 2.47. The third kappa shape index (κ3) is 18.7. The van der Waals surface area contributed by atoms with Crippen LogP contribution in [0.2, 0.25) is 0 Å². The summed E-state index contributed by atoms with van der Waals surface area (Å²) in [5.74, 6) is -4.88. The highest BCUT2D eigenvalue weighted by molar-refractivity contribution is 7.10. The molecule has 2 unspecified atom stereocenters. The van der Waals surface area contributed by atoms with Crippen molar-refractivity contribution in [1.29, 1.82) is 0 Å². The van der Waals surface area contributed by atoms with E-state index in [0.29, 0.717) is 32.9 Å². The van der Waals surface area contributed by atoms with Crippen LogP contribution >= 0.6 is 34.3 Å². The normalized spacial score (nSPS) is 13.1. The van der Waals surface area contributed by atoms with E-state index >= 15 is 8.78 Å². The minimum absolute atomic E-state index is 0.0339. The third-order valence-electron chi connectivity index (χ3n) is 16.0. The molecule has 0 aliphatic rings. The molecule has 0 aliphatic heterocycles. The molecule has 0 saturated heterocycles. The van der Waals surface area contributed by atoms with Crippen molar-refractivity contribution in [2.75, 3.05) is 26.7 Å². The smallest absolute Gasteiger partial charge is 0.340 e. The van der Waals surface area contributed by atoms with Gasteiger partial charge in [-0.15, -0.1) is 34.3 Å². The first-order valence-electron chi connectivity index (χ1n) is 30.7. The average molecular weight is 1350 g/mol. The Balaban J connectivity index is 0.000000228. The van der Waals surface area contributed by atoms with E-state index in [2.05, 4.69) is 76.6 Å². The number of alkyl halides is 1. The molecular formula is C71H74ClF4N11O6S2. The molecule has 6 aromatic carbocycles. The fourth-order valence-electron chi connectivity index (χ4n) is 10.6. The number of ether oxygens (including phenoxy) is 4. The summed E-state index contributed by atoms with van der Waals surface area (Å²) < 4.78 is 86.5. The zero-order chi connectivity index (χ0) is 67.9. The SMILES string of the molecule is C=Nc1ccc(-c2csc([C@H](C)C(Cn3cncn3)(OCOC(=O)c3cccc(CC(CC)CC)c3)c3ccc(F)cc3F)n2)cc1.C=Nc1ccc(-c2csc([C@H](C)C(Cn3cncn3)(OCOC(=O)c3cccc(CCl)c3)c3ccc(F)cc3F)n2)cc1.CCNCC. The number of halogens is 5. The van der Waals surface area contributed by atoms with Crippen LogP contribution in [0.25, 0.3) is 22.5 Å². The number of aliphatic imine (C=N–C) groups is 2. The predicted molar refractivity (Wildman–Crippen MR) is 364 cm³/mol. The van der Waals surface area contributed by atoms with Gasteiger partial charge >= 0.3 is 11.9 Å². The monoisotopic (exact) mass is 1350 g/mol. The first-order valence-corrected chi connectivity index (χ1v) is 33.0. The molecule has 24 heteroatoms. The summed E-state index contributed by atoms with van der Waals surface area (Å²) in [5, 5.41) is 16.6. The van der Waals surface area contributed by atoms with E-state index in [9.17, 15) is 18.4 Å². The quantitative estimate of drug-likeness (QED) is 0.0153. The Hall–Kier alpha value is -8.97. The Morgan fingerprint density at radius 2 is 1.03 bits per heavy atom. The largest absolute Gasteiger partial charge is 0.435 e. The molecule has 10 rings (SSSR count). The number of hydrogen-bond acceptors (Lipinski definition) is 17. The molecule has 0 aliphatic carbocycles. The van der Waals surface area contributed by atoms with Crippen molar-refractivity contribution >= 4 is 71.0 Å². The van der Waals surface area contributed by atoms with Gasteiger partial charge in [0.15, 0.2) is 13.6 Å². The van der Waals surface area contributed by atoms with Crippen molar-refractivity contribution in [3.8, 4) is 22.5 Å². The second-order valence-electron chi connectivity index (χ2n) is 22.0. The van der Waals surface area contributed by atoms with E-state index in [4.69, 9.17) is 40.5 Å². The lowest BCUT2D eigenvalue weighted by molar-refractivity contribution is -0.148. The lowest BCUT2D eigenvalue weighted by Crippen LogP contribution is -2.42. The van der Waals surface area contributed by atoms with Gasteiger partial charge in [-0.1, -0.05) is 115 Å². The molecule has 95 heavy (non-hydrogen) atoms. The number of nitrogens with zero attached hydrogens (tertiary/aromatic N) is 10. The van der Waals surface area contributed by atoms with Crippen LogP contribution in [-0.4, -0.2) is 91.5 Å². The molecule has 4 aromatic heterocycles. The van der Waals surface area contributed by atoms with Gasteiger partial charge in [-0.25, -0.2) is 56.5 Å². The van der Waals surface area contributed by atoms with Crippen LogP contribution in [0.3, 0.4) is 0 Å². The van der Waals surface area contributed by atoms with E-state index in [1.807, 2.05) is 91.3 Å². The number of aromatic nitrogens is 8. The number of esters is 2. The predicted octanol–water partition coefficient (Wildman–Crippen LogP) is 16.4. The Morgan fingerprint density at radius 1 is 0.600 bits per heavy atom. The number of hydrogen-bond donors (Lipinski definition) is 1. The molecule has 4 atom stereocenters. The Morgan fingerprint density at radius 3 is 1.40 bits per heavy atom. The molecule has 0 radical (unpaired) electrons. The van der Waals surface area contributed by atoms with Gasteiger partial charge in [-0.05, 0) is 111 Å². The van der Waals surface area contributed by atoms with Crippen LogP contribution < -0.4 is 5.32 Å². The van der Waals surface area contributed by atoms with Gasteiger partial charge in [0.1, 0.15) is 59.8 Å². The number of rotatable bonds is 29. The zero-order valence-corrected chi connectivity index (χ0v) is 55.9. The van der Waals surface area contributed by atoms with Gasteiger partial charge < -0.3 is 24.3 Å². The number of benzene rings is 6. The standard InChI is InChI=1S/C36H37F2N5O3S.C31H26ClF2N5O3S.C4H11N/c1-5-25(6-2)16-26-8-7-9-28(17-26)35(44)45-23-46-36(20-43-22-40-21-41-43,31-15-12-29(37)18-32(31)38)24(3)34-42-33(19-47-34)27-10-13-30(39-4)14-11-27;1-20(29-38-28(15-43-29)22-6-9-25(35-2)10-7-22)31(16-39-18-36-17-37-39,26-11-8-24(33)13-27(26)34)42-19-41-30(40)23-5-3-4-21(12-23)14-32;1-3-5-4-2/h7-15,17-19,21-22,24-25H,4-6,16,20,23H2,1-3H3;3-13,15,17-18,20H,2,14,16,19H2,1H3;5H,3-4H2,1-2H3/t24-,36?;20-,31?;/m00./s1. The van der Waals surface area contributed by atoms with Crippen LogP contribution in [0.1, 0.15) is 119 Å². The number of carbonyl (C=O) groups excluding carboxylic acids is 2. The fourth-order valence-corrected chi connectivity index (χ4v) is 12.7. The molecule has 0 bridgehead atoms. The fraction of sp³-hybridized carbons (Fsp3) is 0.296. The summed E-state index contributed by atoms with van der Waals surface area (Å²) in [6.07, 6.45) is 8.58. The van der Waals surface area contributed by atoms with E-state index < -0.39 is 71.8 Å². The molecule has 0 amide bonds. The molecule has 1 N–H and O–H groups in total. The summed E-state index contributed by atoms with van der Waals surface area (Å²) in [7, 11) is 0. The molecule has 0 fully saturated rings. The molecule has 0 saturated carbocycles. The zero-order valence-electron chi connectivity index (χ0n) is 53.5. The maximum Gasteiger partial charge on any atom is 0.340 e. The molecule has 10 aromatic rings. The van der Waals surface area contributed by atoms with Crippen LogP contribution in [0.5, 0.6) is 0 Å². The number of thiazole rings is 2. The molecule has 0 spiro atoms. The van der Waals surface area contributed by atoms with Gasteiger partial charge in [-0.2, -0.15) is 10.2 Å². The van der Waals surface area contributed by atoms with Crippen molar-refractivity contribution in [3.63, 3.8) is 0 Å². The van der Waals surface area contributed by atoms with Crippen LogP contribution in [0, 0.1) is 29.2 Å².